The number of nitrogens with zero attached hydrogens (tertiary/aromatic N) is 1. The van der Waals surface area contributed by atoms with E-state index >= 15 is 0 Å². The van der Waals surface area contributed by atoms with Crippen LogP contribution in [-0.4, -0.2) is 50.6 Å². The van der Waals surface area contributed by atoms with Crippen LogP contribution in [0.3, 0.4) is 0 Å². The molecular formula is C23H28N2O5. The van der Waals surface area contributed by atoms with Crippen molar-refractivity contribution >= 4 is 17.9 Å². The lowest BCUT2D eigenvalue weighted by molar-refractivity contribution is -0.127. The highest BCUT2D eigenvalue weighted by atomic mass is 16.5. The molecule has 0 aliphatic carbocycles. The van der Waals surface area contributed by atoms with Crippen LogP contribution in [0.5, 0.6) is 11.5 Å². The fraction of sp³-hybridized carbons (Fsp3) is 0.391. The molecule has 1 fully saturated rings. The number of piperidine rings is 1. The predicted octanol–water partition coefficient (Wildman–Crippen LogP) is 2.91. The number of amides is 2. The Morgan fingerprint density at radius 1 is 1.17 bits per heavy atom. The summed E-state index contributed by atoms with van der Waals surface area (Å²) in [5, 5.41) is 3.01. The van der Waals surface area contributed by atoms with E-state index in [0.29, 0.717) is 42.8 Å². The number of carbonyl (C=O) groups excluding carboxylic acids is 2. The van der Waals surface area contributed by atoms with E-state index in [4.69, 9.17) is 13.9 Å². The minimum Gasteiger partial charge on any atom is -0.493 e. The second-order valence-electron chi connectivity index (χ2n) is 7.29. The minimum absolute atomic E-state index is 0.0117. The molecule has 2 amide bonds. The maximum atomic E-state index is 12.3. The zero-order valence-electron chi connectivity index (χ0n) is 17.4. The number of benzene rings is 1. The molecule has 1 aromatic heterocycles. The number of hydrogen-bond donors (Lipinski definition) is 1. The van der Waals surface area contributed by atoms with Gasteiger partial charge in [-0.05, 0) is 54.7 Å². The van der Waals surface area contributed by atoms with Crippen molar-refractivity contribution in [1.29, 1.82) is 0 Å². The normalized spacial score (nSPS) is 14.7. The molecule has 1 aliphatic rings. The smallest absolute Gasteiger partial charge is 0.246 e. The summed E-state index contributed by atoms with van der Waals surface area (Å²) in [6.07, 6.45) is 6.84. The molecule has 160 valence electrons. The van der Waals surface area contributed by atoms with Crippen molar-refractivity contribution in [1.82, 2.24) is 10.2 Å². The number of ether oxygens (including phenoxy) is 2. The first kappa shape index (κ1) is 21.5. The summed E-state index contributed by atoms with van der Waals surface area (Å²) in [5.41, 5.74) is 0.869. The number of hydrogen-bond acceptors (Lipinski definition) is 5. The molecule has 1 aromatic carbocycles. The van der Waals surface area contributed by atoms with Gasteiger partial charge in [-0.2, -0.15) is 0 Å². The second kappa shape index (κ2) is 10.5. The summed E-state index contributed by atoms with van der Waals surface area (Å²) < 4.78 is 15.7. The SMILES string of the molecule is COc1ccc(CC(=O)NCC2CCN(C(=O)/C=C/c3ccco3)CC2)cc1OC. The van der Waals surface area contributed by atoms with Gasteiger partial charge in [0.15, 0.2) is 11.5 Å². The van der Waals surface area contributed by atoms with Crippen molar-refractivity contribution in [2.45, 2.75) is 19.3 Å². The van der Waals surface area contributed by atoms with Crippen LogP contribution in [0.4, 0.5) is 0 Å². The monoisotopic (exact) mass is 412 g/mol. The molecule has 7 heteroatoms. The highest BCUT2D eigenvalue weighted by Crippen LogP contribution is 2.27. The number of likely N-dealkylation sites (tertiary alicyclic amines) is 1. The molecule has 3 rings (SSSR count). The third kappa shape index (κ3) is 5.89. The third-order valence-electron chi connectivity index (χ3n) is 5.26. The Hall–Kier alpha value is -3.22. The molecule has 7 nitrogen and oxygen atoms in total. The molecule has 1 N–H and O–H groups in total. The van der Waals surface area contributed by atoms with E-state index < -0.39 is 0 Å². The highest BCUT2D eigenvalue weighted by molar-refractivity contribution is 5.91. The maximum Gasteiger partial charge on any atom is 0.246 e. The van der Waals surface area contributed by atoms with Crippen molar-refractivity contribution in [3.8, 4) is 11.5 Å². The van der Waals surface area contributed by atoms with E-state index in [0.717, 1.165) is 18.4 Å². The summed E-state index contributed by atoms with van der Waals surface area (Å²) >= 11 is 0. The molecule has 2 aromatic rings. The van der Waals surface area contributed by atoms with Gasteiger partial charge in [0.25, 0.3) is 0 Å². The van der Waals surface area contributed by atoms with E-state index in [2.05, 4.69) is 5.32 Å². The van der Waals surface area contributed by atoms with Crippen molar-refractivity contribution in [2.75, 3.05) is 33.9 Å². The van der Waals surface area contributed by atoms with Gasteiger partial charge in [0.2, 0.25) is 11.8 Å². The fourth-order valence-electron chi connectivity index (χ4n) is 3.50. The Kier molecular flexibility index (Phi) is 7.54. The lowest BCUT2D eigenvalue weighted by Gasteiger charge is -2.31. The van der Waals surface area contributed by atoms with Gasteiger partial charge >= 0.3 is 0 Å². The standard InChI is InChI=1S/C23H28N2O5/c1-28-20-7-5-18(14-21(20)29-2)15-22(26)24-16-17-9-11-25(12-10-17)23(27)8-6-19-4-3-13-30-19/h3-8,13-14,17H,9-12,15-16H2,1-2H3,(H,24,26)/b8-6+. The van der Waals surface area contributed by atoms with E-state index in [9.17, 15) is 9.59 Å². The largest absolute Gasteiger partial charge is 0.493 e. The van der Waals surface area contributed by atoms with Gasteiger partial charge in [-0.3, -0.25) is 9.59 Å². The van der Waals surface area contributed by atoms with Gasteiger partial charge in [-0.1, -0.05) is 6.07 Å². The molecule has 30 heavy (non-hydrogen) atoms. The number of methoxy groups -OCH3 is 2. The van der Waals surface area contributed by atoms with Crippen LogP contribution in [0.25, 0.3) is 6.08 Å². The first-order valence-corrected chi connectivity index (χ1v) is 10.1. The molecule has 0 saturated carbocycles. The predicted molar refractivity (Wildman–Crippen MR) is 113 cm³/mol. The fourth-order valence-corrected chi connectivity index (χ4v) is 3.50. The average molecular weight is 412 g/mol. The first-order chi connectivity index (χ1) is 14.6. The number of rotatable bonds is 8. The van der Waals surface area contributed by atoms with Gasteiger partial charge in [0, 0.05) is 25.7 Å². The van der Waals surface area contributed by atoms with Crippen LogP contribution in [0, 0.1) is 5.92 Å². The van der Waals surface area contributed by atoms with Gasteiger partial charge < -0.3 is 24.1 Å². The van der Waals surface area contributed by atoms with E-state index in [1.165, 1.54) is 0 Å². The molecule has 0 spiro atoms. The number of nitrogens with one attached hydrogen (secondary N) is 1. The molecule has 0 bridgehead atoms. The summed E-state index contributed by atoms with van der Waals surface area (Å²) in [5.74, 6) is 2.25. The van der Waals surface area contributed by atoms with Crippen LogP contribution >= 0.6 is 0 Å². The third-order valence-corrected chi connectivity index (χ3v) is 5.26. The maximum absolute atomic E-state index is 12.3. The Morgan fingerprint density at radius 3 is 2.60 bits per heavy atom. The molecule has 2 heterocycles. The summed E-state index contributed by atoms with van der Waals surface area (Å²) in [7, 11) is 3.16. The lowest BCUT2D eigenvalue weighted by Crippen LogP contribution is -2.41. The van der Waals surface area contributed by atoms with Gasteiger partial charge in [0.05, 0.1) is 26.9 Å². The number of furan rings is 1. The van der Waals surface area contributed by atoms with Crippen molar-refractivity contribution < 1.29 is 23.5 Å². The van der Waals surface area contributed by atoms with E-state index in [1.54, 1.807) is 50.8 Å². The molecule has 0 atom stereocenters. The molecule has 1 aliphatic heterocycles. The molecule has 1 saturated heterocycles. The minimum atomic E-state index is -0.0258. The summed E-state index contributed by atoms with van der Waals surface area (Å²) in [6.45, 7) is 2.01. The summed E-state index contributed by atoms with van der Waals surface area (Å²) in [6, 6.07) is 9.07. The number of carbonyl (C=O) groups is 2. The Morgan fingerprint density at radius 2 is 1.93 bits per heavy atom. The van der Waals surface area contributed by atoms with Crippen molar-refractivity contribution in [2.24, 2.45) is 5.92 Å². The van der Waals surface area contributed by atoms with Crippen molar-refractivity contribution in [3.63, 3.8) is 0 Å². The molecule has 0 unspecified atom stereocenters. The Balaban J connectivity index is 1.40. The van der Waals surface area contributed by atoms with Gasteiger partial charge in [0.1, 0.15) is 5.76 Å². The topological polar surface area (TPSA) is 81.0 Å². The lowest BCUT2D eigenvalue weighted by atomic mass is 9.96. The quantitative estimate of drug-likeness (QED) is 0.675. The zero-order chi connectivity index (χ0) is 21.3. The molecular weight excluding hydrogens is 384 g/mol. The Bertz CT molecular complexity index is 868. The van der Waals surface area contributed by atoms with Crippen LogP contribution in [-0.2, 0) is 16.0 Å². The van der Waals surface area contributed by atoms with E-state index in [1.807, 2.05) is 17.0 Å². The van der Waals surface area contributed by atoms with E-state index in [-0.39, 0.29) is 18.2 Å². The zero-order valence-corrected chi connectivity index (χ0v) is 17.4. The van der Waals surface area contributed by atoms with Crippen molar-refractivity contribution in [3.05, 3.63) is 54.0 Å². The van der Waals surface area contributed by atoms with Crippen LogP contribution in [0.15, 0.2) is 47.1 Å². The Labute approximate surface area is 176 Å². The summed E-state index contributed by atoms with van der Waals surface area (Å²) in [4.78, 5) is 26.4. The van der Waals surface area contributed by atoms with Gasteiger partial charge in [-0.25, -0.2) is 0 Å². The first-order valence-electron chi connectivity index (χ1n) is 10.1. The van der Waals surface area contributed by atoms with Gasteiger partial charge in [-0.15, -0.1) is 0 Å². The van der Waals surface area contributed by atoms with Crippen LogP contribution in [0.2, 0.25) is 0 Å². The van der Waals surface area contributed by atoms with Crippen LogP contribution < -0.4 is 14.8 Å². The average Bonchev–Trinajstić information content (AvgIpc) is 3.30. The highest BCUT2D eigenvalue weighted by Gasteiger charge is 2.22. The molecule has 0 radical (unpaired) electrons. The second-order valence-corrected chi connectivity index (χ2v) is 7.29. The van der Waals surface area contributed by atoms with Crippen LogP contribution in [0.1, 0.15) is 24.2 Å².